The molecule has 0 saturated carbocycles. The lowest BCUT2D eigenvalue weighted by atomic mass is 9.91. The number of nitro groups is 1. The van der Waals surface area contributed by atoms with Crippen molar-refractivity contribution in [3.63, 3.8) is 0 Å². The van der Waals surface area contributed by atoms with Crippen LogP contribution in [0.3, 0.4) is 0 Å². The molecule has 0 aromatic carbocycles. The van der Waals surface area contributed by atoms with Crippen LogP contribution in [0.1, 0.15) is 12.0 Å². The van der Waals surface area contributed by atoms with E-state index in [4.69, 9.17) is 5.26 Å². The van der Waals surface area contributed by atoms with E-state index in [-0.39, 0.29) is 31.0 Å². The van der Waals surface area contributed by atoms with Crippen LogP contribution >= 0.6 is 0 Å². The van der Waals surface area contributed by atoms with Gasteiger partial charge in [-0.15, -0.1) is 0 Å². The normalized spacial score (nSPS) is 16.8. The second-order valence-electron chi connectivity index (χ2n) is 4.53. The fraction of sp³-hybridized carbons (Fsp3) is 0.455. The number of rotatable bonds is 3. The van der Waals surface area contributed by atoms with Crippen molar-refractivity contribution in [2.45, 2.75) is 18.9 Å². The van der Waals surface area contributed by atoms with Crippen LogP contribution in [0.5, 0.6) is 0 Å². The van der Waals surface area contributed by atoms with Gasteiger partial charge in [-0.1, -0.05) is 0 Å². The number of nitrogens with zero attached hydrogens (tertiary/aromatic N) is 4. The molecule has 1 aliphatic heterocycles. The summed E-state index contributed by atoms with van der Waals surface area (Å²) in [5.74, 6) is 0.244. The fourth-order valence-electron chi connectivity index (χ4n) is 2.00. The Morgan fingerprint density at radius 3 is 2.94 bits per heavy atom. The lowest BCUT2D eigenvalue weighted by molar-refractivity contribution is -0.384. The van der Waals surface area contributed by atoms with Gasteiger partial charge in [0.1, 0.15) is 5.60 Å². The highest BCUT2D eigenvalue weighted by Gasteiger charge is 2.43. The molecular formula is C11H12N4O3. The molecule has 1 aromatic rings. The molecule has 0 amide bonds. The number of aryl methyl sites for hydroxylation is 1. The van der Waals surface area contributed by atoms with Crippen molar-refractivity contribution in [1.29, 1.82) is 5.26 Å². The maximum atomic E-state index is 10.9. The van der Waals surface area contributed by atoms with Crippen molar-refractivity contribution in [2.24, 2.45) is 0 Å². The van der Waals surface area contributed by atoms with Gasteiger partial charge in [0.2, 0.25) is 5.82 Å². The monoisotopic (exact) mass is 248 g/mol. The summed E-state index contributed by atoms with van der Waals surface area (Å²) in [6.07, 6.45) is 1.56. The van der Waals surface area contributed by atoms with Gasteiger partial charge in [0.15, 0.2) is 0 Å². The highest BCUT2D eigenvalue weighted by atomic mass is 16.6. The topological polar surface area (TPSA) is 103 Å². The van der Waals surface area contributed by atoms with Crippen LogP contribution in [0.4, 0.5) is 11.5 Å². The number of hydrogen-bond acceptors (Lipinski definition) is 6. The Labute approximate surface area is 103 Å². The van der Waals surface area contributed by atoms with E-state index >= 15 is 0 Å². The molecule has 0 spiro atoms. The summed E-state index contributed by atoms with van der Waals surface area (Å²) in [4.78, 5) is 16.1. The van der Waals surface area contributed by atoms with Gasteiger partial charge in [-0.2, -0.15) is 5.26 Å². The molecule has 1 aliphatic rings. The molecule has 0 aliphatic carbocycles. The number of β-amino-alcohol motifs (C(OH)–C–C–N with tert-alkyl or cyclic N) is 1. The number of nitriles is 1. The van der Waals surface area contributed by atoms with Gasteiger partial charge in [0.25, 0.3) is 0 Å². The zero-order chi connectivity index (χ0) is 13.3. The highest BCUT2D eigenvalue weighted by Crippen LogP contribution is 2.34. The Hall–Kier alpha value is -2.20. The lowest BCUT2D eigenvalue weighted by Crippen LogP contribution is -2.62. The molecule has 7 nitrogen and oxygen atoms in total. The maximum Gasteiger partial charge on any atom is 0.311 e. The molecule has 1 N–H and O–H groups in total. The second kappa shape index (κ2) is 4.23. The Bertz CT molecular complexity index is 532. The third-order valence-electron chi connectivity index (χ3n) is 2.86. The van der Waals surface area contributed by atoms with E-state index in [0.717, 1.165) is 0 Å². The average molecular weight is 248 g/mol. The van der Waals surface area contributed by atoms with Gasteiger partial charge in [-0.3, -0.25) is 10.1 Å². The predicted octanol–water partition coefficient (Wildman–Crippen LogP) is 0.763. The number of hydrogen-bond donors (Lipinski definition) is 1. The fourth-order valence-corrected chi connectivity index (χ4v) is 2.00. The van der Waals surface area contributed by atoms with E-state index in [9.17, 15) is 15.2 Å². The van der Waals surface area contributed by atoms with Crippen molar-refractivity contribution in [3.8, 4) is 6.07 Å². The highest BCUT2D eigenvalue weighted by molar-refractivity contribution is 5.60. The minimum absolute atomic E-state index is 0.0170. The van der Waals surface area contributed by atoms with E-state index in [1.54, 1.807) is 18.0 Å². The van der Waals surface area contributed by atoms with Gasteiger partial charge in [0.05, 0.1) is 30.5 Å². The summed E-state index contributed by atoms with van der Waals surface area (Å²) in [7, 11) is 0. The van der Waals surface area contributed by atoms with Crippen molar-refractivity contribution in [2.75, 3.05) is 18.0 Å². The number of aromatic nitrogens is 1. The van der Waals surface area contributed by atoms with E-state index < -0.39 is 10.5 Å². The van der Waals surface area contributed by atoms with Crippen LogP contribution in [0.2, 0.25) is 0 Å². The molecule has 1 fully saturated rings. The largest absolute Gasteiger partial charge is 0.385 e. The van der Waals surface area contributed by atoms with Crippen molar-refractivity contribution >= 4 is 11.5 Å². The minimum atomic E-state index is -1.07. The van der Waals surface area contributed by atoms with Crippen LogP contribution in [-0.4, -0.2) is 33.7 Å². The molecule has 2 heterocycles. The molecule has 0 bridgehead atoms. The molecule has 2 rings (SSSR count). The number of pyridine rings is 1. The first-order valence-corrected chi connectivity index (χ1v) is 5.40. The zero-order valence-corrected chi connectivity index (χ0v) is 9.83. The molecule has 1 saturated heterocycles. The van der Waals surface area contributed by atoms with Gasteiger partial charge < -0.3 is 10.0 Å². The smallest absolute Gasteiger partial charge is 0.311 e. The summed E-state index contributed by atoms with van der Waals surface area (Å²) in [5.41, 5.74) is -0.442. The standard InChI is InChI=1S/C11H12N4O3/c1-8-4-9(15(17)18)10(13-5-8)14-6-11(16,7-14)2-3-12/h4-5,16H,2,6-7H2,1H3. The van der Waals surface area contributed by atoms with Gasteiger partial charge in [0, 0.05) is 12.3 Å². The van der Waals surface area contributed by atoms with Crippen LogP contribution in [0.15, 0.2) is 12.3 Å². The van der Waals surface area contributed by atoms with E-state index in [2.05, 4.69) is 4.98 Å². The van der Waals surface area contributed by atoms with Gasteiger partial charge in [-0.05, 0) is 12.5 Å². The van der Waals surface area contributed by atoms with Gasteiger partial charge >= 0.3 is 5.69 Å². The molecule has 18 heavy (non-hydrogen) atoms. The molecule has 0 unspecified atom stereocenters. The van der Waals surface area contributed by atoms with E-state index in [1.165, 1.54) is 6.07 Å². The number of anilines is 1. The van der Waals surface area contributed by atoms with Crippen LogP contribution in [0, 0.1) is 28.4 Å². The molecule has 7 heteroatoms. The lowest BCUT2D eigenvalue weighted by Gasteiger charge is -2.45. The molecule has 0 radical (unpaired) electrons. The van der Waals surface area contributed by atoms with Crippen LogP contribution < -0.4 is 4.90 Å². The Balaban J connectivity index is 2.22. The first kappa shape index (κ1) is 12.3. The number of aliphatic hydroxyl groups is 1. The molecule has 94 valence electrons. The summed E-state index contributed by atoms with van der Waals surface area (Å²) >= 11 is 0. The SMILES string of the molecule is Cc1cnc(N2CC(O)(CC#N)C2)c([N+](=O)[O-])c1. The Morgan fingerprint density at radius 1 is 1.72 bits per heavy atom. The molecular weight excluding hydrogens is 236 g/mol. The predicted molar refractivity (Wildman–Crippen MR) is 63.0 cm³/mol. The summed E-state index contributed by atoms with van der Waals surface area (Å²) in [6.45, 7) is 2.11. The Morgan fingerprint density at radius 2 is 2.39 bits per heavy atom. The third-order valence-corrected chi connectivity index (χ3v) is 2.86. The van der Waals surface area contributed by atoms with Crippen molar-refractivity contribution < 1.29 is 10.0 Å². The summed E-state index contributed by atoms with van der Waals surface area (Å²) < 4.78 is 0. The quantitative estimate of drug-likeness (QED) is 0.625. The molecule has 0 atom stereocenters. The first-order valence-electron chi connectivity index (χ1n) is 5.40. The van der Waals surface area contributed by atoms with Crippen molar-refractivity contribution in [1.82, 2.24) is 4.98 Å². The average Bonchev–Trinajstić information content (AvgIpc) is 2.26. The minimum Gasteiger partial charge on any atom is -0.385 e. The summed E-state index contributed by atoms with van der Waals surface area (Å²) in [5, 5.41) is 29.3. The van der Waals surface area contributed by atoms with Crippen molar-refractivity contribution in [3.05, 3.63) is 27.9 Å². The van der Waals surface area contributed by atoms with E-state index in [0.29, 0.717) is 5.56 Å². The molecule has 1 aromatic heterocycles. The van der Waals surface area contributed by atoms with Crippen LogP contribution in [-0.2, 0) is 0 Å². The first-order chi connectivity index (χ1) is 8.45. The maximum absolute atomic E-state index is 10.9. The van der Waals surface area contributed by atoms with Crippen LogP contribution in [0.25, 0.3) is 0 Å². The Kier molecular flexibility index (Phi) is 2.88. The summed E-state index contributed by atoms with van der Waals surface area (Å²) in [6, 6.07) is 3.35. The van der Waals surface area contributed by atoms with E-state index in [1.807, 2.05) is 6.07 Å². The third kappa shape index (κ3) is 2.10. The second-order valence-corrected chi connectivity index (χ2v) is 4.53. The zero-order valence-electron chi connectivity index (χ0n) is 9.83. The van der Waals surface area contributed by atoms with Gasteiger partial charge in [-0.25, -0.2) is 4.98 Å².